The number of rotatable bonds is 1. The van der Waals surface area contributed by atoms with Gasteiger partial charge < -0.3 is 5.73 Å². The number of hydrogen-bond acceptors (Lipinski definition) is 5. The van der Waals surface area contributed by atoms with Crippen molar-refractivity contribution >= 4 is 16.7 Å². The summed E-state index contributed by atoms with van der Waals surface area (Å²) in [4.78, 5) is 4.15. The van der Waals surface area contributed by atoms with Crippen LogP contribution in [0.25, 0.3) is 11.4 Å². The zero-order valence-electron chi connectivity index (χ0n) is 8.27. The molecule has 5 nitrogen and oxygen atoms in total. The quantitative estimate of drug-likeness (QED) is 0.764. The third-order valence-electron chi connectivity index (χ3n) is 2.17. The maximum Gasteiger partial charge on any atom is 0.200 e. The van der Waals surface area contributed by atoms with Crippen LogP contribution in [0, 0.1) is 13.8 Å². The van der Waals surface area contributed by atoms with Gasteiger partial charge in [0.2, 0.25) is 0 Å². The predicted molar refractivity (Wildman–Crippen MR) is 56.0 cm³/mol. The number of hydrogen-bond donors (Lipinski definition) is 1. The minimum Gasteiger partial charge on any atom is -0.374 e. The predicted octanol–water partition coefficient (Wildman–Crippen LogP) is 1.14. The summed E-state index contributed by atoms with van der Waals surface area (Å²) in [5, 5.41) is 4.79. The first-order valence-electron chi connectivity index (χ1n) is 4.19. The molecule has 2 aromatic rings. The van der Waals surface area contributed by atoms with Crippen LogP contribution >= 0.6 is 11.5 Å². The van der Waals surface area contributed by atoms with Gasteiger partial charge in [0.15, 0.2) is 11.0 Å². The van der Waals surface area contributed by atoms with Crippen molar-refractivity contribution in [1.29, 1.82) is 0 Å². The lowest BCUT2D eigenvalue weighted by molar-refractivity contribution is 0.731. The van der Waals surface area contributed by atoms with Gasteiger partial charge in [-0.2, -0.15) is 14.5 Å². The average Bonchev–Trinajstić information content (AvgIpc) is 2.60. The van der Waals surface area contributed by atoms with Gasteiger partial charge >= 0.3 is 0 Å². The fraction of sp³-hybridized carbons (Fsp3) is 0.375. The number of aromatic nitrogens is 4. The van der Waals surface area contributed by atoms with E-state index in [4.69, 9.17) is 5.73 Å². The average molecular weight is 209 g/mol. The summed E-state index contributed by atoms with van der Waals surface area (Å²) in [6.07, 6.45) is 0. The van der Waals surface area contributed by atoms with Crippen molar-refractivity contribution in [2.45, 2.75) is 13.8 Å². The van der Waals surface area contributed by atoms with Crippen molar-refractivity contribution in [2.75, 3.05) is 5.73 Å². The molecular formula is C8H11N5S. The lowest BCUT2D eigenvalue weighted by Gasteiger charge is -1.95. The molecule has 0 aliphatic carbocycles. The Hall–Kier alpha value is -1.43. The first-order chi connectivity index (χ1) is 6.59. The Kier molecular flexibility index (Phi) is 1.99. The smallest absolute Gasteiger partial charge is 0.200 e. The SMILES string of the molecule is Cc1nn(C)c(C)c1-c1nsc(N)n1. The molecular weight excluding hydrogens is 198 g/mol. The van der Waals surface area contributed by atoms with Gasteiger partial charge in [-0.05, 0) is 13.8 Å². The van der Waals surface area contributed by atoms with E-state index in [1.807, 2.05) is 25.6 Å². The lowest BCUT2D eigenvalue weighted by atomic mass is 10.2. The highest BCUT2D eigenvalue weighted by Gasteiger charge is 2.15. The summed E-state index contributed by atoms with van der Waals surface area (Å²) < 4.78 is 5.99. The molecule has 0 aromatic carbocycles. The second kappa shape index (κ2) is 3.06. The molecule has 0 saturated carbocycles. The molecule has 0 unspecified atom stereocenters. The Morgan fingerprint density at radius 1 is 1.36 bits per heavy atom. The zero-order valence-corrected chi connectivity index (χ0v) is 9.09. The van der Waals surface area contributed by atoms with Gasteiger partial charge in [0.1, 0.15) is 0 Å². The molecule has 0 bridgehead atoms. The normalized spacial score (nSPS) is 10.8. The molecule has 0 aliphatic rings. The van der Waals surface area contributed by atoms with Gasteiger partial charge in [-0.1, -0.05) is 0 Å². The number of aryl methyl sites for hydroxylation is 2. The Labute approximate surface area is 85.8 Å². The number of nitrogens with zero attached hydrogens (tertiary/aromatic N) is 4. The molecule has 2 aromatic heterocycles. The van der Waals surface area contributed by atoms with Crippen LogP contribution < -0.4 is 5.73 Å². The highest BCUT2D eigenvalue weighted by atomic mass is 32.1. The summed E-state index contributed by atoms with van der Waals surface area (Å²) in [6.45, 7) is 3.94. The van der Waals surface area contributed by atoms with E-state index in [0.717, 1.165) is 17.0 Å². The molecule has 74 valence electrons. The van der Waals surface area contributed by atoms with Crippen LogP contribution in [0.4, 0.5) is 5.13 Å². The van der Waals surface area contributed by atoms with Crippen LogP contribution in [0.2, 0.25) is 0 Å². The Bertz CT molecular complexity index is 470. The monoisotopic (exact) mass is 209 g/mol. The molecule has 0 spiro atoms. The molecule has 0 aliphatic heterocycles. The largest absolute Gasteiger partial charge is 0.374 e. The zero-order chi connectivity index (χ0) is 10.3. The molecule has 2 heterocycles. The molecule has 2 rings (SSSR count). The molecule has 14 heavy (non-hydrogen) atoms. The number of anilines is 1. The molecule has 0 fully saturated rings. The topological polar surface area (TPSA) is 69.6 Å². The summed E-state index contributed by atoms with van der Waals surface area (Å²) in [7, 11) is 1.90. The van der Waals surface area contributed by atoms with E-state index in [2.05, 4.69) is 14.5 Å². The van der Waals surface area contributed by atoms with E-state index in [1.54, 1.807) is 0 Å². The van der Waals surface area contributed by atoms with E-state index in [1.165, 1.54) is 11.5 Å². The van der Waals surface area contributed by atoms with Gasteiger partial charge in [-0.15, -0.1) is 0 Å². The Morgan fingerprint density at radius 3 is 2.50 bits per heavy atom. The third-order valence-corrected chi connectivity index (χ3v) is 2.72. The van der Waals surface area contributed by atoms with Crippen LogP contribution in [0.5, 0.6) is 0 Å². The fourth-order valence-corrected chi connectivity index (χ4v) is 1.87. The van der Waals surface area contributed by atoms with Crippen LogP contribution in [0.15, 0.2) is 0 Å². The highest BCUT2D eigenvalue weighted by molar-refractivity contribution is 7.09. The molecule has 0 amide bonds. The van der Waals surface area contributed by atoms with Crippen molar-refractivity contribution in [2.24, 2.45) is 7.05 Å². The molecule has 2 N–H and O–H groups in total. The maximum atomic E-state index is 5.54. The maximum absolute atomic E-state index is 5.54. The third kappa shape index (κ3) is 1.27. The van der Waals surface area contributed by atoms with Gasteiger partial charge in [-0.3, -0.25) is 4.68 Å². The van der Waals surface area contributed by atoms with Crippen LogP contribution in [0.3, 0.4) is 0 Å². The van der Waals surface area contributed by atoms with Crippen molar-refractivity contribution in [3.8, 4) is 11.4 Å². The second-order valence-corrected chi connectivity index (χ2v) is 3.91. The first-order valence-corrected chi connectivity index (χ1v) is 4.96. The lowest BCUT2D eigenvalue weighted by Crippen LogP contribution is -1.93. The summed E-state index contributed by atoms with van der Waals surface area (Å²) in [5.41, 5.74) is 8.52. The van der Waals surface area contributed by atoms with Crippen LogP contribution in [-0.4, -0.2) is 19.1 Å². The highest BCUT2D eigenvalue weighted by Crippen LogP contribution is 2.25. The Balaban J connectivity index is 2.61. The van der Waals surface area contributed by atoms with E-state index >= 15 is 0 Å². The van der Waals surface area contributed by atoms with Crippen molar-refractivity contribution in [3.05, 3.63) is 11.4 Å². The Morgan fingerprint density at radius 2 is 2.07 bits per heavy atom. The fourth-order valence-electron chi connectivity index (χ4n) is 1.43. The number of nitrogens with two attached hydrogens (primary N) is 1. The summed E-state index contributed by atoms with van der Waals surface area (Å²) in [5.74, 6) is 0.676. The van der Waals surface area contributed by atoms with Crippen molar-refractivity contribution in [3.63, 3.8) is 0 Å². The van der Waals surface area contributed by atoms with Crippen molar-refractivity contribution < 1.29 is 0 Å². The summed E-state index contributed by atoms with van der Waals surface area (Å²) in [6, 6.07) is 0. The molecule has 6 heteroatoms. The van der Waals surface area contributed by atoms with E-state index < -0.39 is 0 Å². The first kappa shape index (κ1) is 9.14. The van der Waals surface area contributed by atoms with Crippen molar-refractivity contribution in [1.82, 2.24) is 19.1 Å². The molecule has 0 atom stereocenters. The number of nitrogen functional groups attached to an aromatic ring is 1. The second-order valence-electron chi connectivity index (χ2n) is 3.13. The van der Waals surface area contributed by atoms with E-state index in [9.17, 15) is 0 Å². The minimum atomic E-state index is 0.489. The summed E-state index contributed by atoms with van der Waals surface area (Å²) >= 11 is 1.21. The van der Waals surface area contributed by atoms with Crippen LogP contribution in [-0.2, 0) is 7.05 Å². The molecule has 0 radical (unpaired) electrons. The minimum absolute atomic E-state index is 0.489. The van der Waals surface area contributed by atoms with Gasteiger partial charge in [0, 0.05) is 24.3 Å². The van der Waals surface area contributed by atoms with E-state index in [-0.39, 0.29) is 0 Å². The van der Waals surface area contributed by atoms with Crippen LogP contribution in [0.1, 0.15) is 11.4 Å². The molecule has 0 saturated heterocycles. The van der Waals surface area contributed by atoms with E-state index in [0.29, 0.717) is 11.0 Å². The van der Waals surface area contributed by atoms with Gasteiger partial charge in [-0.25, -0.2) is 0 Å². The standard InChI is InChI=1S/C8H11N5S/c1-4-6(5(2)13(3)11-4)7-10-8(9)14-12-7/h1-3H3,(H2,9,10,12). The van der Waals surface area contributed by atoms with Gasteiger partial charge in [0.25, 0.3) is 0 Å². The van der Waals surface area contributed by atoms with Gasteiger partial charge in [0.05, 0.1) is 11.3 Å².